The van der Waals surface area contributed by atoms with Gasteiger partial charge in [0.25, 0.3) is 0 Å². The third kappa shape index (κ3) is 1.99. The molecule has 71 valence electrons. The van der Waals surface area contributed by atoms with Crippen LogP contribution in [0.4, 0.5) is 17.6 Å². The van der Waals surface area contributed by atoms with Gasteiger partial charge in [-0.1, -0.05) is 6.92 Å². The van der Waals surface area contributed by atoms with Crippen LogP contribution in [0.2, 0.25) is 0 Å². The average Bonchev–Trinajstić information content (AvgIpc) is 2.10. The van der Waals surface area contributed by atoms with Gasteiger partial charge in [0.2, 0.25) is 0 Å². The molecule has 0 aromatic heterocycles. The Bertz CT molecular complexity index is 309. The van der Waals surface area contributed by atoms with Crippen LogP contribution in [0, 0.1) is 23.4 Å². The van der Waals surface area contributed by atoms with E-state index in [1.807, 2.05) is 0 Å². The molecule has 1 aromatic carbocycles. The van der Waals surface area contributed by atoms with Gasteiger partial charge in [-0.2, -0.15) is 0 Å². The molecule has 0 fully saturated rings. The molecule has 0 aliphatic carbocycles. The number of rotatable bonds is 2. The Labute approximate surface area is 73.2 Å². The highest BCUT2D eigenvalue weighted by Crippen LogP contribution is 2.21. The fourth-order valence-electron chi connectivity index (χ4n) is 0.939. The smallest absolute Gasteiger partial charge is 0.162 e. The van der Waals surface area contributed by atoms with Crippen molar-refractivity contribution in [1.82, 2.24) is 0 Å². The summed E-state index contributed by atoms with van der Waals surface area (Å²) in [5, 5.41) is 0. The van der Waals surface area contributed by atoms with Gasteiger partial charge in [0.15, 0.2) is 11.6 Å². The second-order valence-corrected chi connectivity index (χ2v) is 2.66. The molecule has 4 heteroatoms. The average molecular weight is 191 g/mol. The van der Waals surface area contributed by atoms with Gasteiger partial charge in [0, 0.05) is 17.5 Å². The van der Waals surface area contributed by atoms with Crippen molar-refractivity contribution in [2.45, 2.75) is 6.92 Å². The molecule has 1 rings (SSSR count). The SMILES string of the molecule is C[C](CF)c1cc(F)cc(F)c1F. The summed E-state index contributed by atoms with van der Waals surface area (Å²) in [6.45, 7) is 0.344. The summed E-state index contributed by atoms with van der Waals surface area (Å²) < 4.78 is 50.1. The largest absolute Gasteiger partial charge is 0.250 e. The minimum Gasteiger partial charge on any atom is -0.250 e. The van der Waals surface area contributed by atoms with E-state index in [4.69, 9.17) is 0 Å². The Hall–Kier alpha value is -1.06. The van der Waals surface area contributed by atoms with Gasteiger partial charge in [0.1, 0.15) is 5.82 Å². The molecule has 13 heavy (non-hydrogen) atoms. The molecule has 0 aliphatic rings. The second kappa shape index (κ2) is 3.77. The standard InChI is InChI=1S/C9H7F4/c1-5(4-10)7-2-6(11)3-8(12)9(7)13/h2-3H,4H2,1H3. The minimum atomic E-state index is -1.30. The first kappa shape index (κ1) is 10.0. The van der Waals surface area contributed by atoms with E-state index in [2.05, 4.69) is 0 Å². The molecule has 0 bridgehead atoms. The molecule has 0 spiro atoms. The number of benzene rings is 1. The quantitative estimate of drug-likeness (QED) is 0.498. The topological polar surface area (TPSA) is 0 Å². The number of alkyl halides is 1. The van der Waals surface area contributed by atoms with Crippen LogP contribution in [-0.2, 0) is 0 Å². The van der Waals surface area contributed by atoms with Gasteiger partial charge in [-0.15, -0.1) is 0 Å². The normalized spacial score (nSPS) is 10.9. The Kier molecular flexibility index (Phi) is 2.90. The molecular formula is C9H7F4. The summed E-state index contributed by atoms with van der Waals surface area (Å²) >= 11 is 0. The molecule has 0 unspecified atom stereocenters. The third-order valence-corrected chi connectivity index (χ3v) is 1.65. The monoisotopic (exact) mass is 191 g/mol. The van der Waals surface area contributed by atoms with Crippen molar-refractivity contribution >= 4 is 0 Å². The van der Waals surface area contributed by atoms with Gasteiger partial charge < -0.3 is 0 Å². The molecule has 0 saturated carbocycles. The number of halogens is 4. The van der Waals surface area contributed by atoms with Crippen molar-refractivity contribution in [3.63, 3.8) is 0 Å². The van der Waals surface area contributed by atoms with Crippen LogP contribution in [0.15, 0.2) is 12.1 Å². The summed E-state index contributed by atoms with van der Waals surface area (Å²) in [5.74, 6) is -3.46. The van der Waals surface area contributed by atoms with Crippen LogP contribution in [0.3, 0.4) is 0 Å². The lowest BCUT2D eigenvalue weighted by molar-refractivity contribution is 0.471. The van der Waals surface area contributed by atoms with E-state index in [1.54, 1.807) is 0 Å². The van der Waals surface area contributed by atoms with Crippen molar-refractivity contribution in [2.24, 2.45) is 0 Å². The van der Waals surface area contributed by atoms with E-state index in [0.29, 0.717) is 6.07 Å². The summed E-state index contributed by atoms with van der Waals surface area (Å²) in [5.41, 5.74) is -0.347. The van der Waals surface area contributed by atoms with E-state index >= 15 is 0 Å². The predicted octanol–water partition coefficient (Wildman–Crippen LogP) is 3.02. The van der Waals surface area contributed by atoms with Gasteiger partial charge in [-0.05, 0) is 6.07 Å². The lowest BCUT2D eigenvalue weighted by Crippen LogP contribution is -2.03. The molecule has 1 aromatic rings. The Morgan fingerprint density at radius 3 is 2.38 bits per heavy atom. The van der Waals surface area contributed by atoms with Crippen LogP contribution < -0.4 is 0 Å². The first-order valence-corrected chi connectivity index (χ1v) is 3.59. The van der Waals surface area contributed by atoms with Crippen molar-refractivity contribution < 1.29 is 17.6 Å². The van der Waals surface area contributed by atoms with E-state index < -0.39 is 24.1 Å². The first-order chi connectivity index (χ1) is 6.06. The highest BCUT2D eigenvalue weighted by atomic mass is 19.2. The molecule has 0 heterocycles. The molecule has 0 nitrogen and oxygen atoms in total. The minimum absolute atomic E-state index is 0.0316. The van der Waals surface area contributed by atoms with Crippen LogP contribution in [0.1, 0.15) is 12.5 Å². The molecule has 0 N–H and O–H groups in total. The van der Waals surface area contributed by atoms with Crippen molar-refractivity contribution in [2.75, 3.05) is 6.67 Å². The molecule has 0 saturated heterocycles. The first-order valence-electron chi connectivity index (χ1n) is 3.59. The second-order valence-electron chi connectivity index (χ2n) is 2.66. The van der Waals surface area contributed by atoms with Crippen molar-refractivity contribution in [3.05, 3.63) is 41.1 Å². The van der Waals surface area contributed by atoms with E-state index in [0.717, 1.165) is 6.07 Å². The highest BCUT2D eigenvalue weighted by Gasteiger charge is 2.16. The number of hydrogen-bond acceptors (Lipinski definition) is 0. The summed E-state index contributed by atoms with van der Waals surface area (Å²) in [4.78, 5) is 0. The van der Waals surface area contributed by atoms with Gasteiger partial charge in [-0.3, -0.25) is 4.39 Å². The van der Waals surface area contributed by atoms with Crippen LogP contribution >= 0.6 is 0 Å². The molecule has 0 aliphatic heterocycles. The van der Waals surface area contributed by atoms with Crippen molar-refractivity contribution in [3.8, 4) is 0 Å². The lowest BCUT2D eigenvalue weighted by Gasteiger charge is -2.08. The molecule has 1 radical (unpaired) electrons. The molecule has 0 atom stereocenters. The third-order valence-electron chi connectivity index (χ3n) is 1.65. The van der Waals surface area contributed by atoms with Crippen LogP contribution in [0.25, 0.3) is 0 Å². The van der Waals surface area contributed by atoms with Crippen LogP contribution in [-0.4, -0.2) is 6.67 Å². The maximum absolute atomic E-state index is 12.9. The Morgan fingerprint density at radius 2 is 1.85 bits per heavy atom. The molecule has 0 amide bonds. The van der Waals surface area contributed by atoms with Gasteiger partial charge in [0.05, 0.1) is 6.67 Å². The zero-order valence-electron chi connectivity index (χ0n) is 6.87. The summed E-state index contributed by atoms with van der Waals surface area (Å²) in [6, 6.07) is 1.19. The number of hydrogen-bond donors (Lipinski definition) is 0. The van der Waals surface area contributed by atoms with E-state index in [9.17, 15) is 17.6 Å². The van der Waals surface area contributed by atoms with Crippen molar-refractivity contribution in [1.29, 1.82) is 0 Å². The zero-order valence-corrected chi connectivity index (χ0v) is 6.87. The van der Waals surface area contributed by atoms with Gasteiger partial charge in [-0.25, -0.2) is 13.2 Å². The Morgan fingerprint density at radius 1 is 1.23 bits per heavy atom. The van der Waals surface area contributed by atoms with E-state index in [-0.39, 0.29) is 11.5 Å². The summed E-state index contributed by atoms with van der Waals surface area (Å²) in [7, 11) is 0. The van der Waals surface area contributed by atoms with E-state index in [1.165, 1.54) is 6.92 Å². The summed E-state index contributed by atoms with van der Waals surface area (Å²) in [6.07, 6.45) is 0. The van der Waals surface area contributed by atoms with Gasteiger partial charge >= 0.3 is 0 Å². The fraction of sp³-hybridized carbons (Fsp3) is 0.222. The predicted molar refractivity (Wildman–Crippen MR) is 40.3 cm³/mol. The highest BCUT2D eigenvalue weighted by molar-refractivity contribution is 5.32. The maximum Gasteiger partial charge on any atom is 0.162 e. The van der Waals surface area contributed by atoms with Crippen LogP contribution in [0.5, 0.6) is 0 Å². The maximum atomic E-state index is 12.9. The molecular weight excluding hydrogens is 184 g/mol. The fourth-order valence-corrected chi connectivity index (χ4v) is 0.939. The Balaban J connectivity index is 3.20. The zero-order chi connectivity index (χ0) is 10.0. The lowest BCUT2D eigenvalue weighted by atomic mass is 10.0.